The molecular formula is C18H22N2O4S. The standard InChI is InChI=1S/C18H22N2O4S/c1-10-7-14(12(3)25-10)11(2)20-18(22)13-5-6-15(16(8-13)23-4)24-9-17(19)21/h5-8,11H,9H2,1-4H3,(H2,19,21)(H,20,22). The molecular weight excluding hydrogens is 340 g/mol. The van der Waals surface area contributed by atoms with Crippen LogP contribution in [-0.2, 0) is 4.79 Å². The van der Waals surface area contributed by atoms with Crippen molar-refractivity contribution in [2.24, 2.45) is 5.73 Å². The van der Waals surface area contributed by atoms with Gasteiger partial charge in [0.05, 0.1) is 13.2 Å². The summed E-state index contributed by atoms with van der Waals surface area (Å²) in [6, 6.07) is 6.76. The second-order valence-corrected chi connectivity index (χ2v) is 7.14. The van der Waals surface area contributed by atoms with Crippen molar-refractivity contribution in [3.05, 3.63) is 45.1 Å². The zero-order chi connectivity index (χ0) is 18.6. The van der Waals surface area contributed by atoms with Crippen LogP contribution >= 0.6 is 11.3 Å². The lowest BCUT2D eigenvalue weighted by Gasteiger charge is -2.15. The molecule has 0 fully saturated rings. The number of rotatable bonds is 7. The maximum Gasteiger partial charge on any atom is 0.255 e. The van der Waals surface area contributed by atoms with Crippen LogP contribution in [-0.4, -0.2) is 25.5 Å². The summed E-state index contributed by atoms with van der Waals surface area (Å²) >= 11 is 1.71. The molecule has 7 heteroatoms. The lowest BCUT2D eigenvalue weighted by molar-refractivity contribution is -0.119. The Balaban J connectivity index is 2.13. The van der Waals surface area contributed by atoms with Gasteiger partial charge >= 0.3 is 0 Å². The molecule has 1 aromatic carbocycles. The van der Waals surface area contributed by atoms with Crippen LogP contribution in [0, 0.1) is 13.8 Å². The highest BCUT2D eigenvalue weighted by molar-refractivity contribution is 7.12. The number of ether oxygens (including phenoxy) is 2. The van der Waals surface area contributed by atoms with E-state index in [-0.39, 0.29) is 18.6 Å². The van der Waals surface area contributed by atoms with Crippen molar-refractivity contribution in [1.29, 1.82) is 0 Å². The van der Waals surface area contributed by atoms with E-state index >= 15 is 0 Å². The molecule has 0 saturated heterocycles. The molecule has 1 aromatic heterocycles. The summed E-state index contributed by atoms with van der Waals surface area (Å²) in [5, 5.41) is 2.98. The fourth-order valence-electron chi connectivity index (χ4n) is 2.52. The van der Waals surface area contributed by atoms with E-state index < -0.39 is 5.91 Å². The maximum absolute atomic E-state index is 12.5. The van der Waals surface area contributed by atoms with Crippen LogP contribution < -0.4 is 20.5 Å². The van der Waals surface area contributed by atoms with Crippen molar-refractivity contribution >= 4 is 23.2 Å². The minimum absolute atomic E-state index is 0.103. The highest BCUT2D eigenvalue weighted by Gasteiger charge is 2.17. The van der Waals surface area contributed by atoms with Crippen LogP contribution in [0.3, 0.4) is 0 Å². The average molecular weight is 362 g/mol. The molecule has 0 saturated carbocycles. The van der Waals surface area contributed by atoms with E-state index in [2.05, 4.69) is 11.4 Å². The van der Waals surface area contributed by atoms with E-state index in [0.717, 1.165) is 5.56 Å². The Bertz CT molecular complexity index is 785. The van der Waals surface area contributed by atoms with Crippen LogP contribution in [0.4, 0.5) is 0 Å². The highest BCUT2D eigenvalue weighted by atomic mass is 32.1. The third-order valence-electron chi connectivity index (χ3n) is 3.69. The van der Waals surface area contributed by atoms with E-state index in [9.17, 15) is 9.59 Å². The fraction of sp³-hybridized carbons (Fsp3) is 0.333. The number of carbonyl (C=O) groups is 2. The third-order valence-corrected chi connectivity index (χ3v) is 4.67. The Labute approximate surface area is 150 Å². The monoisotopic (exact) mass is 362 g/mol. The van der Waals surface area contributed by atoms with Gasteiger partial charge in [0.2, 0.25) is 0 Å². The summed E-state index contributed by atoms with van der Waals surface area (Å²) in [7, 11) is 1.47. The first-order valence-corrected chi connectivity index (χ1v) is 8.60. The molecule has 2 aromatic rings. The number of methoxy groups -OCH3 is 1. The number of carbonyl (C=O) groups excluding carboxylic acids is 2. The summed E-state index contributed by atoms with van der Waals surface area (Å²) < 4.78 is 10.5. The molecule has 25 heavy (non-hydrogen) atoms. The minimum atomic E-state index is -0.584. The van der Waals surface area contributed by atoms with Gasteiger partial charge in [-0.1, -0.05) is 0 Å². The number of benzene rings is 1. The molecule has 1 unspecified atom stereocenters. The second kappa shape index (κ2) is 8.02. The van der Waals surface area contributed by atoms with Crippen molar-refractivity contribution in [3.63, 3.8) is 0 Å². The summed E-state index contributed by atoms with van der Waals surface area (Å²) in [5.74, 6) is -0.0751. The Kier molecular flexibility index (Phi) is 6.03. The van der Waals surface area contributed by atoms with Gasteiger partial charge in [-0.05, 0) is 50.6 Å². The molecule has 2 rings (SSSR count). The molecule has 2 amide bonds. The van der Waals surface area contributed by atoms with Gasteiger partial charge in [0.25, 0.3) is 11.8 Å². The molecule has 0 radical (unpaired) electrons. The molecule has 0 bridgehead atoms. The number of thiophene rings is 1. The molecule has 3 N–H and O–H groups in total. The summed E-state index contributed by atoms with van der Waals surface area (Å²) in [4.78, 5) is 25.7. The molecule has 134 valence electrons. The van der Waals surface area contributed by atoms with E-state index in [4.69, 9.17) is 15.2 Å². The van der Waals surface area contributed by atoms with Crippen LogP contribution in [0.25, 0.3) is 0 Å². The number of nitrogens with two attached hydrogens (primary N) is 1. The van der Waals surface area contributed by atoms with Gasteiger partial charge in [-0.15, -0.1) is 11.3 Å². The quantitative estimate of drug-likeness (QED) is 0.792. The summed E-state index contributed by atoms with van der Waals surface area (Å²) in [6.45, 7) is 5.79. The number of hydrogen-bond acceptors (Lipinski definition) is 5. The van der Waals surface area contributed by atoms with Gasteiger partial charge in [0, 0.05) is 15.3 Å². The topological polar surface area (TPSA) is 90.7 Å². The van der Waals surface area contributed by atoms with Crippen molar-refractivity contribution in [1.82, 2.24) is 5.32 Å². The Morgan fingerprint density at radius 3 is 2.52 bits per heavy atom. The van der Waals surface area contributed by atoms with Crippen LogP contribution in [0.5, 0.6) is 11.5 Å². The molecule has 0 spiro atoms. The van der Waals surface area contributed by atoms with Gasteiger partial charge in [-0.3, -0.25) is 9.59 Å². The van der Waals surface area contributed by atoms with Crippen molar-refractivity contribution in [3.8, 4) is 11.5 Å². The zero-order valence-electron chi connectivity index (χ0n) is 14.7. The highest BCUT2D eigenvalue weighted by Crippen LogP contribution is 2.29. The zero-order valence-corrected chi connectivity index (χ0v) is 15.5. The van der Waals surface area contributed by atoms with Crippen molar-refractivity contribution in [2.45, 2.75) is 26.8 Å². The van der Waals surface area contributed by atoms with Gasteiger partial charge < -0.3 is 20.5 Å². The summed E-state index contributed by atoms with van der Waals surface area (Å²) in [5.41, 5.74) is 6.63. The Morgan fingerprint density at radius 1 is 1.24 bits per heavy atom. The van der Waals surface area contributed by atoms with Gasteiger partial charge in [0.15, 0.2) is 18.1 Å². The number of aryl methyl sites for hydroxylation is 2. The molecule has 6 nitrogen and oxygen atoms in total. The molecule has 0 aliphatic carbocycles. The molecule has 0 aliphatic rings. The fourth-order valence-corrected chi connectivity index (χ4v) is 3.54. The minimum Gasteiger partial charge on any atom is -0.493 e. The predicted molar refractivity (Wildman–Crippen MR) is 97.4 cm³/mol. The number of amides is 2. The Morgan fingerprint density at radius 2 is 1.96 bits per heavy atom. The normalized spacial score (nSPS) is 11.7. The van der Waals surface area contributed by atoms with Crippen LogP contribution in [0.2, 0.25) is 0 Å². The van der Waals surface area contributed by atoms with Crippen LogP contribution in [0.1, 0.15) is 38.6 Å². The van der Waals surface area contributed by atoms with Gasteiger partial charge in [0.1, 0.15) is 0 Å². The number of hydrogen-bond donors (Lipinski definition) is 2. The first-order chi connectivity index (χ1) is 11.8. The molecule has 0 aliphatic heterocycles. The number of primary amides is 1. The maximum atomic E-state index is 12.5. The third kappa shape index (κ3) is 4.73. The van der Waals surface area contributed by atoms with Crippen LogP contribution in [0.15, 0.2) is 24.3 Å². The molecule has 1 heterocycles. The first kappa shape index (κ1) is 18.8. The van der Waals surface area contributed by atoms with E-state index in [0.29, 0.717) is 17.1 Å². The predicted octanol–water partition coefficient (Wildman–Crippen LogP) is 2.73. The van der Waals surface area contributed by atoms with Gasteiger partial charge in [-0.25, -0.2) is 0 Å². The van der Waals surface area contributed by atoms with Gasteiger partial charge in [-0.2, -0.15) is 0 Å². The van der Waals surface area contributed by atoms with E-state index in [1.54, 1.807) is 29.5 Å². The lowest BCUT2D eigenvalue weighted by Crippen LogP contribution is -2.26. The molecule has 1 atom stereocenters. The SMILES string of the molecule is COc1cc(C(=O)NC(C)c2cc(C)sc2C)ccc1OCC(N)=O. The largest absolute Gasteiger partial charge is 0.493 e. The average Bonchev–Trinajstić information content (AvgIpc) is 2.91. The van der Waals surface area contributed by atoms with E-state index in [1.807, 2.05) is 20.8 Å². The lowest BCUT2D eigenvalue weighted by atomic mass is 10.1. The smallest absolute Gasteiger partial charge is 0.255 e. The second-order valence-electron chi connectivity index (χ2n) is 5.68. The van der Waals surface area contributed by atoms with Crippen molar-refractivity contribution < 1.29 is 19.1 Å². The van der Waals surface area contributed by atoms with Crippen molar-refractivity contribution in [2.75, 3.05) is 13.7 Å². The number of nitrogens with one attached hydrogen (secondary N) is 1. The first-order valence-electron chi connectivity index (χ1n) is 7.78. The summed E-state index contributed by atoms with van der Waals surface area (Å²) in [6.07, 6.45) is 0. The van der Waals surface area contributed by atoms with E-state index in [1.165, 1.54) is 16.9 Å². The Hall–Kier alpha value is -2.54.